The van der Waals surface area contributed by atoms with Gasteiger partial charge in [-0.1, -0.05) is 0 Å². The number of nitrogen functional groups attached to an aromatic ring is 1. The lowest BCUT2D eigenvalue weighted by Gasteiger charge is -2.10. The summed E-state index contributed by atoms with van der Waals surface area (Å²) in [5, 5.41) is 9.98. The van der Waals surface area contributed by atoms with Gasteiger partial charge in [0.25, 0.3) is 5.91 Å². The fourth-order valence-electron chi connectivity index (χ4n) is 1.14. The molecule has 0 bridgehead atoms. The lowest BCUT2D eigenvalue weighted by molar-refractivity contribution is 0.0895. The van der Waals surface area contributed by atoms with Crippen LogP contribution in [0.2, 0.25) is 0 Å². The van der Waals surface area contributed by atoms with Crippen molar-refractivity contribution < 1.29 is 9.53 Å². The molecule has 3 N–H and O–H groups in total. The highest BCUT2D eigenvalue weighted by Gasteiger charge is 2.06. The lowest BCUT2D eigenvalue weighted by Crippen LogP contribution is -2.29. The predicted molar refractivity (Wildman–Crippen MR) is 68.2 cm³/mol. The second-order valence-corrected chi connectivity index (χ2v) is 4.01. The smallest absolute Gasteiger partial charge is 0.271 e. The molecule has 0 fully saturated rings. The number of nitrogens with zero attached hydrogens (tertiary/aromatic N) is 3. The van der Waals surface area contributed by atoms with Gasteiger partial charge in [-0.05, 0) is 26.2 Å². The van der Waals surface area contributed by atoms with Gasteiger partial charge >= 0.3 is 0 Å². The quantitative estimate of drug-likeness (QED) is 0.628. The van der Waals surface area contributed by atoms with E-state index in [9.17, 15) is 4.79 Å². The molecular formula is C11H19N5O2. The lowest BCUT2D eigenvalue weighted by atomic mass is 10.3. The molecule has 0 spiro atoms. The second-order valence-electron chi connectivity index (χ2n) is 4.01. The van der Waals surface area contributed by atoms with Gasteiger partial charge in [0.15, 0.2) is 5.69 Å². The molecule has 0 aliphatic heterocycles. The molecule has 0 saturated carbocycles. The first-order chi connectivity index (χ1) is 8.59. The zero-order chi connectivity index (χ0) is 13.4. The van der Waals surface area contributed by atoms with E-state index in [0.717, 1.165) is 6.54 Å². The van der Waals surface area contributed by atoms with Crippen molar-refractivity contribution >= 4 is 11.7 Å². The summed E-state index contributed by atoms with van der Waals surface area (Å²) in [6.07, 6.45) is 0. The van der Waals surface area contributed by atoms with Gasteiger partial charge in [-0.2, -0.15) is 0 Å². The third-order valence-electron chi connectivity index (χ3n) is 2.13. The Bertz CT molecular complexity index is 366. The Morgan fingerprint density at radius 1 is 1.39 bits per heavy atom. The van der Waals surface area contributed by atoms with Gasteiger partial charge in [-0.15, -0.1) is 10.2 Å². The highest BCUT2D eigenvalue weighted by Crippen LogP contribution is 1.96. The van der Waals surface area contributed by atoms with E-state index in [4.69, 9.17) is 10.5 Å². The number of likely N-dealkylation sites (N-methyl/N-ethyl adjacent to an activating group) is 1. The maximum atomic E-state index is 11.6. The van der Waals surface area contributed by atoms with Crippen LogP contribution in [0.15, 0.2) is 12.1 Å². The monoisotopic (exact) mass is 253 g/mol. The molecule has 0 atom stereocenters. The van der Waals surface area contributed by atoms with Crippen LogP contribution in [0.1, 0.15) is 10.5 Å². The fraction of sp³-hybridized carbons (Fsp3) is 0.545. The minimum Gasteiger partial charge on any atom is -0.382 e. The van der Waals surface area contributed by atoms with Gasteiger partial charge in [0, 0.05) is 13.1 Å². The number of hydrogen-bond donors (Lipinski definition) is 2. The van der Waals surface area contributed by atoms with Crippen LogP contribution in [0.5, 0.6) is 0 Å². The van der Waals surface area contributed by atoms with E-state index in [0.29, 0.717) is 25.6 Å². The maximum absolute atomic E-state index is 11.6. The molecule has 0 aliphatic rings. The van der Waals surface area contributed by atoms with Crippen LogP contribution >= 0.6 is 0 Å². The van der Waals surface area contributed by atoms with E-state index in [-0.39, 0.29) is 11.6 Å². The van der Waals surface area contributed by atoms with E-state index < -0.39 is 0 Å². The molecule has 0 aliphatic carbocycles. The number of anilines is 1. The van der Waals surface area contributed by atoms with E-state index >= 15 is 0 Å². The average Bonchev–Trinajstić information content (AvgIpc) is 2.34. The summed E-state index contributed by atoms with van der Waals surface area (Å²) >= 11 is 0. The zero-order valence-electron chi connectivity index (χ0n) is 10.7. The number of ether oxygens (including phenoxy) is 1. The Hall–Kier alpha value is -1.73. The Kier molecular flexibility index (Phi) is 6.03. The van der Waals surface area contributed by atoms with Crippen LogP contribution in [-0.2, 0) is 4.74 Å². The Balaban J connectivity index is 2.16. The zero-order valence-corrected chi connectivity index (χ0v) is 10.7. The minimum absolute atomic E-state index is 0.248. The molecule has 1 aromatic rings. The molecule has 1 heterocycles. The van der Waals surface area contributed by atoms with Crippen molar-refractivity contribution in [3.8, 4) is 0 Å². The topological polar surface area (TPSA) is 93.4 Å². The molecule has 0 radical (unpaired) electrons. The third kappa shape index (κ3) is 5.55. The first-order valence-electron chi connectivity index (χ1n) is 5.69. The normalized spacial score (nSPS) is 10.6. The number of nitrogens with one attached hydrogen (secondary N) is 1. The molecule has 18 heavy (non-hydrogen) atoms. The first kappa shape index (κ1) is 14.3. The van der Waals surface area contributed by atoms with Crippen molar-refractivity contribution in [3.05, 3.63) is 17.8 Å². The summed E-state index contributed by atoms with van der Waals surface area (Å²) in [4.78, 5) is 13.6. The molecule has 1 amide bonds. The number of amides is 1. The first-order valence-corrected chi connectivity index (χ1v) is 5.69. The van der Waals surface area contributed by atoms with Crippen molar-refractivity contribution in [2.45, 2.75) is 0 Å². The maximum Gasteiger partial charge on any atom is 0.271 e. The SMILES string of the molecule is CN(C)CCOCCNC(=O)c1ccc(N)nn1. The molecule has 7 heteroatoms. The van der Waals surface area contributed by atoms with E-state index in [1.165, 1.54) is 12.1 Å². The number of aromatic nitrogens is 2. The van der Waals surface area contributed by atoms with Gasteiger partial charge in [0.05, 0.1) is 13.2 Å². The summed E-state index contributed by atoms with van der Waals surface area (Å²) in [6.45, 7) is 2.42. The van der Waals surface area contributed by atoms with Crippen LogP contribution in [-0.4, -0.2) is 61.4 Å². The van der Waals surface area contributed by atoms with E-state index in [2.05, 4.69) is 15.5 Å². The largest absolute Gasteiger partial charge is 0.382 e. The fourth-order valence-corrected chi connectivity index (χ4v) is 1.14. The molecule has 100 valence electrons. The van der Waals surface area contributed by atoms with Crippen LogP contribution in [0, 0.1) is 0 Å². The highest BCUT2D eigenvalue weighted by atomic mass is 16.5. The van der Waals surface area contributed by atoms with Gasteiger partial charge in [-0.25, -0.2) is 0 Å². The molecule has 0 aromatic carbocycles. The van der Waals surface area contributed by atoms with Crippen LogP contribution in [0.4, 0.5) is 5.82 Å². The van der Waals surface area contributed by atoms with Gasteiger partial charge in [-0.3, -0.25) is 4.79 Å². The van der Waals surface area contributed by atoms with Crippen LogP contribution in [0.3, 0.4) is 0 Å². The molecule has 0 unspecified atom stereocenters. The van der Waals surface area contributed by atoms with Crippen molar-refractivity contribution in [3.63, 3.8) is 0 Å². The molecule has 1 aromatic heterocycles. The predicted octanol–water partition coefficient (Wildman–Crippen LogP) is -0.633. The number of carbonyl (C=O) groups is 1. The molecule has 0 saturated heterocycles. The number of hydrogen-bond acceptors (Lipinski definition) is 6. The van der Waals surface area contributed by atoms with Gasteiger partial charge in [0.2, 0.25) is 0 Å². The van der Waals surface area contributed by atoms with Crippen LogP contribution < -0.4 is 11.1 Å². The van der Waals surface area contributed by atoms with E-state index in [1.807, 2.05) is 19.0 Å². The summed E-state index contributed by atoms with van der Waals surface area (Å²) in [5.74, 6) is 0.0114. The van der Waals surface area contributed by atoms with Crippen molar-refractivity contribution in [2.75, 3.05) is 46.1 Å². The summed E-state index contributed by atoms with van der Waals surface area (Å²) in [6, 6.07) is 3.07. The summed E-state index contributed by atoms with van der Waals surface area (Å²) < 4.78 is 5.34. The Morgan fingerprint density at radius 2 is 2.17 bits per heavy atom. The van der Waals surface area contributed by atoms with Gasteiger partial charge in [0.1, 0.15) is 5.82 Å². The van der Waals surface area contributed by atoms with Crippen molar-refractivity contribution in [2.24, 2.45) is 0 Å². The standard InChI is InChI=1S/C11H19N5O2/c1-16(2)6-8-18-7-5-13-11(17)9-3-4-10(12)15-14-9/h3-4H,5-8H2,1-2H3,(H2,12,15)(H,13,17). The average molecular weight is 253 g/mol. The highest BCUT2D eigenvalue weighted by molar-refractivity contribution is 5.92. The van der Waals surface area contributed by atoms with Crippen molar-refractivity contribution in [1.29, 1.82) is 0 Å². The minimum atomic E-state index is -0.279. The molecule has 1 rings (SSSR count). The molecular weight excluding hydrogens is 234 g/mol. The van der Waals surface area contributed by atoms with Crippen LogP contribution in [0.25, 0.3) is 0 Å². The number of carbonyl (C=O) groups excluding carboxylic acids is 1. The van der Waals surface area contributed by atoms with E-state index in [1.54, 1.807) is 0 Å². The third-order valence-corrected chi connectivity index (χ3v) is 2.13. The second kappa shape index (κ2) is 7.57. The number of rotatable bonds is 7. The van der Waals surface area contributed by atoms with Crippen molar-refractivity contribution in [1.82, 2.24) is 20.4 Å². The molecule has 7 nitrogen and oxygen atoms in total. The Labute approximate surface area is 106 Å². The number of nitrogens with two attached hydrogens (primary N) is 1. The summed E-state index contributed by atoms with van der Waals surface area (Å²) in [7, 11) is 3.95. The van der Waals surface area contributed by atoms with Gasteiger partial charge < -0.3 is 20.7 Å². The Morgan fingerprint density at radius 3 is 2.78 bits per heavy atom. The summed E-state index contributed by atoms with van der Waals surface area (Å²) in [5.41, 5.74) is 5.62.